The number of hydrogen-bond donors (Lipinski definition) is 1. The molecule has 1 heterocycles. The van der Waals surface area contributed by atoms with E-state index in [-0.39, 0.29) is 0 Å². The van der Waals surface area contributed by atoms with Crippen LogP contribution in [0, 0.1) is 0 Å². The van der Waals surface area contributed by atoms with E-state index in [1.165, 1.54) is 0 Å². The van der Waals surface area contributed by atoms with Crippen LogP contribution < -0.4 is 5.73 Å². The normalized spacial score (nSPS) is 11.9. The minimum atomic E-state index is -3.49. The van der Waals surface area contributed by atoms with Crippen LogP contribution in [-0.2, 0) is 23.3 Å². The largest absolute Gasteiger partial charge is 0.350 e. The van der Waals surface area contributed by atoms with Crippen molar-refractivity contribution in [3.05, 3.63) is 60.3 Å². The lowest BCUT2D eigenvalue weighted by molar-refractivity contribution is 0.596. The van der Waals surface area contributed by atoms with Gasteiger partial charge in [0.1, 0.15) is 0 Å². The molecule has 0 saturated carbocycles. The van der Waals surface area contributed by atoms with Crippen LogP contribution in [0.2, 0.25) is 0 Å². The van der Waals surface area contributed by atoms with Gasteiger partial charge in [0.25, 0.3) is 0 Å². The highest BCUT2D eigenvalue weighted by Gasteiger charge is 2.18. The fourth-order valence-corrected chi connectivity index (χ4v) is 4.02. The number of nitrogens with two attached hydrogens (primary N) is 1. The molecule has 22 heavy (non-hydrogen) atoms. The Bertz CT molecular complexity index is 912. The van der Waals surface area contributed by atoms with E-state index in [4.69, 9.17) is 5.73 Å². The summed E-state index contributed by atoms with van der Waals surface area (Å²) in [5, 5.41) is 0.949. The van der Waals surface area contributed by atoms with Crippen LogP contribution >= 0.6 is 0 Å². The van der Waals surface area contributed by atoms with Gasteiger partial charge in [-0.1, -0.05) is 18.2 Å². The van der Waals surface area contributed by atoms with Gasteiger partial charge in [-0.25, -0.2) is 8.42 Å². The maximum Gasteiger partial charge on any atom is 0.206 e. The first kappa shape index (κ1) is 14.8. The first-order chi connectivity index (χ1) is 10.5. The van der Waals surface area contributed by atoms with Crippen molar-refractivity contribution in [1.82, 2.24) is 4.57 Å². The Hall–Kier alpha value is -2.11. The van der Waals surface area contributed by atoms with Gasteiger partial charge in [-0.3, -0.25) is 0 Å². The van der Waals surface area contributed by atoms with Crippen LogP contribution in [-0.4, -0.2) is 19.5 Å². The van der Waals surface area contributed by atoms with E-state index < -0.39 is 9.84 Å². The van der Waals surface area contributed by atoms with Gasteiger partial charge in [0.05, 0.1) is 9.79 Å². The molecule has 0 aliphatic rings. The third-order valence-electron chi connectivity index (χ3n) is 3.82. The standard InChI is InChI=1S/C17H18N2O2S/c1-19-12-13(9-10-18)16-11-15(7-8-17(16)19)22(20,21)14-5-3-2-4-6-14/h2-8,11-12H,9-10,18H2,1H3. The highest BCUT2D eigenvalue weighted by Crippen LogP contribution is 2.27. The topological polar surface area (TPSA) is 65.1 Å². The number of aromatic nitrogens is 1. The fraction of sp³-hybridized carbons (Fsp3) is 0.176. The molecule has 0 fully saturated rings. The van der Waals surface area contributed by atoms with Gasteiger partial charge in [-0.2, -0.15) is 0 Å². The third kappa shape index (κ3) is 2.42. The second kappa shape index (κ2) is 5.59. The number of rotatable bonds is 4. The molecule has 0 amide bonds. The molecule has 5 heteroatoms. The molecule has 0 unspecified atom stereocenters. The second-order valence-electron chi connectivity index (χ2n) is 5.30. The van der Waals surface area contributed by atoms with Crippen LogP contribution in [0.15, 0.2) is 64.5 Å². The van der Waals surface area contributed by atoms with Crippen molar-refractivity contribution in [2.45, 2.75) is 16.2 Å². The lowest BCUT2D eigenvalue weighted by Gasteiger charge is -2.06. The number of fused-ring (bicyclic) bond motifs is 1. The highest BCUT2D eigenvalue weighted by atomic mass is 32.2. The maximum absolute atomic E-state index is 12.7. The molecule has 0 bridgehead atoms. The molecule has 3 aromatic rings. The number of benzene rings is 2. The summed E-state index contributed by atoms with van der Waals surface area (Å²) in [4.78, 5) is 0.626. The zero-order valence-electron chi connectivity index (χ0n) is 12.4. The number of sulfone groups is 1. The number of aryl methyl sites for hydroxylation is 1. The molecule has 0 aliphatic heterocycles. The smallest absolute Gasteiger partial charge is 0.206 e. The zero-order valence-corrected chi connectivity index (χ0v) is 13.2. The Kier molecular flexibility index (Phi) is 3.76. The van der Waals surface area contributed by atoms with E-state index in [9.17, 15) is 8.42 Å². The van der Waals surface area contributed by atoms with Crippen molar-refractivity contribution in [2.24, 2.45) is 12.8 Å². The molecule has 2 aromatic carbocycles. The molecule has 1 aromatic heterocycles. The Balaban J connectivity index is 2.18. The average molecular weight is 314 g/mol. The Labute approximate surface area is 130 Å². The molecule has 3 rings (SSSR count). The second-order valence-corrected chi connectivity index (χ2v) is 7.25. The van der Waals surface area contributed by atoms with E-state index >= 15 is 0 Å². The predicted octanol–water partition coefficient (Wildman–Crippen LogP) is 2.51. The van der Waals surface area contributed by atoms with E-state index in [0.29, 0.717) is 16.3 Å². The van der Waals surface area contributed by atoms with E-state index in [1.807, 2.05) is 23.9 Å². The SMILES string of the molecule is Cn1cc(CCN)c2cc(S(=O)(=O)c3ccccc3)ccc21. The summed E-state index contributed by atoms with van der Waals surface area (Å²) in [5.41, 5.74) is 7.73. The molecule has 0 radical (unpaired) electrons. The van der Waals surface area contributed by atoms with Crippen LogP contribution in [0.4, 0.5) is 0 Å². The number of nitrogens with zero attached hydrogens (tertiary/aromatic N) is 1. The van der Waals surface area contributed by atoms with Crippen molar-refractivity contribution in [3.8, 4) is 0 Å². The predicted molar refractivity (Wildman–Crippen MR) is 87.6 cm³/mol. The first-order valence-electron chi connectivity index (χ1n) is 7.12. The Morgan fingerprint density at radius 1 is 1.05 bits per heavy atom. The molecule has 0 saturated heterocycles. The summed E-state index contributed by atoms with van der Waals surface area (Å²) >= 11 is 0. The van der Waals surface area contributed by atoms with Gasteiger partial charge in [0.2, 0.25) is 9.84 Å². The average Bonchev–Trinajstić information content (AvgIpc) is 2.84. The molecule has 114 valence electrons. The van der Waals surface area contributed by atoms with Gasteiger partial charge < -0.3 is 10.3 Å². The minimum absolute atomic E-state index is 0.311. The van der Waals surface area contributed by atoms with Gasteiger partial charge in [0.15, 0.2) is 0 Å². The quantitative estimate of drug-likeness (QED) is 0.804. The van der Waals surface area contributed by atoms with Gasteiger partial charge >= 0.3 is 0 Å². The van der Waals surface area contributed by atoms with Crippen LogP contribution in [0.5, 0.6) is 0 Å². The Morgan fingerprint density at radius 2 is 1.77 bits per heavy atom. The van der Waals surface area contributed by atoms with Crippen molar-refractivity contribution in [1.29, 1.82) is 0 Å². The molecule has 4 nitrogen and oxygen atoms in total. The van der Waals surface area contributed by atoms with Crippen LogP contribution in [0.1, 0.15) is 5.56 Å². The minimum Gasteiger partial charge on any atom is -0.350 e. The molecular weight excluding hydrogens is 296 g/mol. The third-order valence-corrected chi connectivity index (χ3v) is 5.59. The molecule has 0 aliphatic carbocycles. The maximum atomic E-state index is 12.7. The van der Waals surface area contributed by atoms with Gasteiger partial charge in [0, 0.05) is 24.1 Å². The number of hydrogen-bond acceptors (Lipinski definition) is 3. The van der Waals surface area contributed by atoms with Crippen LogP contribution in [0.25, 0.3) is 10.9 Å². The lowest BCUT2D eigenvalue weighted by Crippen LogP contribution is -2.03. The summed E-state index contributed by atoms with van der Waals surface area (Å²) < 4.78 is 27.4. The lowest BCUT2D eigenvalue weighted by atomic mass is 10.1. The van der Waals surface area contributed by atoms with Crippen molar-refractivity contribution in [3.63, 3.8) is 0 Å². The fourth-order valence-electron chi connectivity index (χ4n) is 2.71. The summed E-state index contributed by atoms with van der Waals surface area (Å²) in [6, 6.07) is 13.8. The van der Waals surface area contributed by atoms with E-state index in [0.717, 1.165) is 22.9 Å². The van der Waals surface area contributed by atoms with E-state index in [1.54, 1.807) is 42.5 Å². The molecule has 0 atom stereocenters. The first-order valence-corrected chi connectivity index (χ1v) is 8.60. The zero-order chi connectivity index (χ0) is 15.7. The van der Waals surface area contributed by atoms with Crippen LogP contribution in [0.3, 0.4) is 0 Å². The van der Waals surface area contributed by atoms with Gasteiger partial charge in [-0.05, 0) is 48.9 Å². The van der Waals surface area contributed by atoms with E-state index in [2.05, 4.69) is 0 Å². The monoisotopic (exact) mass is 314 g/mol. The summed E-state index contributed by atoms with van der Waals surface area (Å²) in [6.07, 6.45) is 2.74. The Morgan fingerprint density at radius 3 is 2.45 bits per heavy atom. The van der Waals surface area contributed by atoms with Crippen molar-refractivity contribution < 1.29 is 8.42 Å². The van der Waals surface area contributed by atoms with Crippen molar-refractivity contribution in [2.75, 3.05) is 6.54 Å². The molecule has 0 spiro atoms. The molecular formula is C17H18N2O2S. The van der Waals surface area contributed by atoms with Gasteiger partial charge in [-0.15, -0.1) is 0 Å². The molecule has 2 N–H and O–H groups in total. The summed E-state index contributed by atoms with van der Waals surface area (Å²) in [5.74, 6) is 0. The highest BCUT2D eigenvalue weighted by molar-refractivity contribution is 7.91. The van der Waals surface area contributed by atoms with Crippen molar-refractivity contribution >= 4 is 20.7 Å². The summed E-state index contributed by atoms with van der Waals surface area (Å²) in [6.45, 7) is 0.536. The summed E-state index contributed by atoms with van der Waals surface area (Å²) in [7, 11) is -1.54.